The largest absolute Gasteiger partial charge is 0.463 e. The third-order valence-corrected chi connectivity index (χ3v) is 9.31. The average Bonchev–Trinajstić information content (AvgIpc) is 3.02. The van der Waals surface area contributed by atoms with Gasteiger partial charge in [-0.3, -0.25) is 9.59 Å². The molecule has 268 valence electrons. The quantitative estimate of drug-likeness (QED) is 0.0552. The van der Waals surface area contributed by atoms with Crippen LogP contribution in [0.4, 0.5) is 0 Å². The molecule has 0 amide bonds. The Hall–Kier alpha value is -1.10. The number of ether oxygens (including phenoxy) is 2. The minimum absolute atomic E-state index is 0.109. The lowest BCUT2D eigenvalue weighted by Crippen LogP contribution is -2.25. The van der Waals surface area contributed by atoms with Gasteiger partial charge in [-0.05, 0) is 24.7 Å². The molecule has 0 aliphatic heterocycles. The number of esters is 2. The number of carbonyl (C=O) groups is 2. The molecule has 0 heterocycles. The molecule has 0 rings (SSSR count). The van der Waals surface area contributed by atoms with Gasteiger partial charge in [0.15, 0.2) is 0 Å². The third kappa shape index (κ3) is 35.6. The molecule has 0 radical (unpaired) electrons. The Morgan fingerprint density at radius 2 is 0.756 bits per heavy atom. The Morgan fingerprint density at radius 3 is 1.07 bits per heavy atom. The maximum absolute atomic E-state index is 12.0. The number of hydrogen-bond donors (Lipinski definition) is 1. The summed E-state index contributed by atoms with van der Waals surface area (Å²) in [4.78, 5) is 23.9. The Kier molecular flexibility index (Phi) is 33.4. The van der Waals surface area contributed by atoms with E-state index in [0.29, 0.717) is 12.8 Å². The van der Waals surface area contributed by atoms with E-state index in [-0.39, 0.29) is 25.2 Å². The lowest BCUT2D eigenvalue weighted by atomic mass is 9.99. The van der Waals surface area contributed by atoms with Gasteiger partial charge in [0.2, 0.25) is 0 Å². The average molecular weight is 639 g/mol. The summed E-state index contributed by atoms with van der Waals surface area (Å²) in [6.45, 7) is 9.03. The van der Waals surface area contributed by atoms with E-state index in [1.54, 1.807) is 0 Å². The number of rotatable bonds is 35. The predicted octanol–water partition coefficient (Wildman–Crippen LogP) is 12.1. The van der Waals surface area contributed by atoms with Gasteiger partial charge in [0.25, 0.3) is 0 Å². The summed E-state index contributed by atoms with van der Waals surface area (Å²) in [5.41, 5.74) is 0. The van der Waals surface area contributed by atoms with E-state index in [9.17, 15) is 14.7 Å². The topological polar surface area (TPSA) is 72.8 Å². The first kappa shape index (κ1) is 43.9. The highest BCUT2D eigenvalue weighted by Gasteiger charge is 2.12. The molecule has 0 saturated carbocycles. The monoisotopic (exact) mass is 639 g/mol. The molecule has 0 saturated heterocycles. The van der Waals surface area contributed by atoms with Gasteiger partial charge < -0.3 is 14.6 Å². The summed E-state index contributed by atoms with van der Waals surface area (Å²) in [5.74, 6) is 1.16. The first-order chi connectivity index (χ1) is 21.8. The van der Waals surface area contributed by atoms with E-state index in [2.05, 4.69) is 27.7 Å². The molecule has 0 bridgehead atoms. The van der Waals surface area contributed by atoms with Crippen molar-refractivity contribution in [2.45, 2.75) is 220 Å². The first-order valence-corrected chi connectivity index (χ1v) is 19.8. The van der Waals surface area contributed by atoms with Gasteiger partial charge >= 0.3 is 11.9 Å². The summed E-state index contributed by atoms with van der Waals surface area (Å²) in [7, 11) is 0. The molecule has 0 aliphatic carbocycles. The molecule has 0 aliphatic rings. The molecule has 0 aromatic rings. The van der Waals surface area contributed by atoms with Crippen LogP contribution in [0.3, 0.4) is 0 Å². The van der Waals surface area contributed by atoms with Crippen molar-refractivity contribution >= 4 is 11.9 Å². The van der Waals surface area contributed by atoms with Crippen molar-refractivity contribution in [3.05, 3.63) is 0 Å². The van der Waals surface area contributed by atoms with Crippen molar-refractivity contribution in [1.82, 2.24) is 0 Å². The van der Waals surface area contributed by atoms with Gasteiger partial charge in [0.1, 0.15) is 19.3 Å². The van der Waals surface area contributed by atoms with Crippen molar-refractivity contribution < 1.29 is 24.2 Å². The van der Waals surface area contributed by atoms with Gasteiger partial charge in [-0.2, -0.15) is 0 Å². The van der Waals surface area contributed by atoms with Crippen LogP contribution < -0.4 is 0 Å². The molecular weight excluding hydrogens is 560 g/mol. The zero-order valence-electron chi connectivity index (χ0n) is 30.7. The van der Waals surface area contributed by atoms with Gasteiger partial charge in [0.05, 0.1) is 0 Å². The van der Waals surface area contributed by atoms with E-state index in [4.69, 9.17) is 9.47 Å². The van der Waals surface area contributed by atoms with Gasteiger partial charge in [-0.15, -0.1) is 0 Å². The number of hydrogen-bond acceptors (Lipinski definition) is 5. The van der Waals surface area contributed by atoms with Crippen LogP contribution in [0.1, 0.15) is 214 Å². The van der Waals surface area contributed by atoms with Crippen LogP contribution in [-0.2, 0) is 19.1 Å². The molecular formula is C40H78O5. The summed E-state index contributed by atoms with van der Waals surface area (Å²) in [5, 5.41) is 10.0. The highest BCUT2D eigenvalue weighted by Crippen LogP contribution is 2.17. The minimum Gasteiger partial charge on any atom is -0.463 e. The SMILES string of the molecule is CCC(C)CCCCCCCCCCC(=O)OC[C@H](O)COC(=O)CCCCCCCCCCCCCCCCCCC(C)C. The summed E-state index contributed by atoms with van der Waals surface area (Å²) < 4.78 is 10.3. The highest BCUT2D eigenvalue weighted by atomic mass is 16.6. The second kappa shape index (κ2) is 34.2. The normalized spacial score (nSPS) is 12.8. The van der Waals surface area contributed by atoms with Crippen LogP contribution in [0, 0.1) is 11.8 Å². The lowest BCUT2D eigenvalue weighted by molar-refractivity contribution is -0.152. The summed E-state index contributed by atoms with van der Waals surface area (Å²) in [6.07, 6.45) is 34.4. The van der Waals surface area contributed by atoms with Crippen molar-refractivity contribution in [3.63, 3.8) is 0 Å². The molecule has 5 heteroatoms. The van der Waals surface area contributed by atoms with E-state index in [0.717, 1.165) is 43.9 Å². The Balaban J connectivity index is 3.38. The summed E-state index contributed by atoms with van der Waals surface area (Å²) >= 11 is 0. The van der Waals surface area contributed by atoms with Crippen LogP contribution in [0.5, 0.6) is 0 Å². The zero-order chi connectivity index (χ0) is 33.2. The smallest absolute Gasteiger partial charge is 0.305 e. The fourth-order valence-electron chi connectivity index (χ4n) is 5.89. The van der Waals surface area contributed by atoms with Crippen LogP contribution in [0.15, 0.2) is 0 Å². The maximum atomic E-state index is 12.0. The van der Waals surface area contributed by atoms with Crippen LogP contribution in [0.25, 0.3) is 0 Å². The number of unbranched alkanes of at least 4 members (excludes halogenated alkanes) is 22. The van der Waals surface area contributed by atoms with Crippen LogP contribution in [0.2, 0.25) is 0 Å². The second-order valence-electron chi connectivity index (χ2n) is 14.5. The number of aliphatic hydroxyl groups is 1. The molecule has 5 nitrogen and oxygen atoms in total. The van der Waals surface area contributed by atoms with Crippen molar-refractivity contribution in [3.8, 4) is 0 Å². The molecule has 0 aromatic heterocycles. The minimum atomic E-state index is -0.956. The molecule has 45 heavy (non-hydrogen) atoms. The van der Waals surface area contributed by atoms with Crippen LogP contribution >= 0.6 is 0 Å². The third-order valence-electron chi connectivity index (χ3n) is 9.31. The second-order valence-corrected chi connectivity index (χ2v) is 14.5. The van der Waals surface area contributed by atoms with E-state index >= 15 is 0 Å². The zero-order valence-corrected chi connectivity index (χ0v) is 30.7. The maximum Gasteiger partial charge on any atom is 0.305 e. The Labute approximate surface area is 280 Å². The fraction of sp³-hybridized carbons (Fsp3) is 0.950. The van der Waals surface area contributed by atoms with Gasteiger partial charge in [0, 0.05) is 12.8 Å². The van der Waals surface area contributed by atoms with Crippen molar-refractivity contribution in [2.75, 3.05) is 13.2 Å². The highest BCUT2D eigenvalue weighted by molar-refractivity contribution is 5.69. The predicted molar refractivity (Wildman–Crippen MR) is 191 cm³/mol. The van der Waals surface area contributed by atoms with E-state index in [1.165, 1.54) is 141 Å². The molecule has 0 spiro atoms. The van der Waals surface area contributed by atoms with E-state index in [1.807, 2.05) is 0 Å². The van der Waals surface area contributed by atoms with Crippen molar-refractivity contribution in [2.24, 2.45) is 11.8 Å². The molecule has 2 atom stereocenters. The summed E-state index contributed by atoms with van der Waals surface area (Å²) in [6, 6.07) is 0. The Bertz CT molecular complexity index is 634. The lowest BCUT2D eigenvalue weighted by Gasteiger charge is -2.12. The molecule has 0 aromatic carbocycles. The van der Waals surface area contributed by atoms with Crippen molar-refractivity contribution in [1.29, 1.82) is 0 Å². The Morgan fingerprint density at radius 1 is 0.467 bits per heavy atom. The van der Waals surface area contributed by atoms with Gasteiger partial charge in [-0.25, -0.2) is 0 Å². The molecule has 1 unspecified atom stereocenters. The number of aliphatic hydroxyl groups excluding tert-OH is 1. The van der Waals surface area contributed by atoms with Crippen LogP contribution in [-0.4, -0.2) is 36.4 Å². The van der Waals surface area contributed by atoms with E-state index < -0.39 is 6.10 Å². The first-order valence-electron chi connectivity index (χ1n) is 19.8. The van der Waals surface area contributed by atoms with Gasteiger partial charge in [-0.1, -0.05) is 188 Å². The molecule has 1 N–H and O–H groups in total. The number of carbonyl (C=O) groups excluding carboxylic acids is 2. The fourth-order valence-corrected chi connectivity index (χ4v) is 5.89. The molecule has 0 fully saturated rings. The standard InChI is InChI=1S/C40H78O5/c1-5-37(4)31-27-23-19-16-17-21-25-29-33-40(43)45-35-38(41)34-44-39(42)32-28-24-20-15-13-11-9-7-6-8-10-12-14-18-22-26-30-36(2)3/h36-38,41H,5-35H2,1-4H3/t37?,38-/m1/s1.